The molecule has 7 heteroatoms. The van der Waals surface area contributed by atoms with Gasteiger partial charge in [-0.1, -0.05) is 93.0 Å². The Balaban J connectivity index is 2.19. The van der Waals surface area contributed by atoms with E-state index in [9.17, 15) is 4.79 Å². The van der Waals surface area contributed by atoms with Crippen molar-refractivity contribution in [1.82, 2.24) is 5.48 Å². The van der Waals surface area contributed by atoms with Gasteiger partial charge >= 0.3 is 0 Å². The molecule has 0 radical (unpaired) electrons. The van der Waals surface area contributed by atoms with Gasteiger partial charge < -0.3 is 4.53 Å². The zero-order valence-electron chi connectivity index (χ0n) is 17.5. The largest absolute Gasteiger partial charge is 0.308 e. The standard InChI is InChI=1S/C22H30N4O2Si/c1-22(2,3)29(19-13-7-4-8-14-19,20-15-9-5-10-16-20)28-25-21(27)17-11-6-12-18-24-26-23/h4-5,7-10,13-16H,6,11-12,17-18H2,1-3H3,(H,25,27). The maximum Gasteiger partial charge on any atom is 0.295 e. The normalized spacial score (nSPS) is 11.6. The number of azide groups is 1. The van der Waals surface area contributed by atoms with Crippen LogP contribution in [0.3, 0.4) is 0 Å². The van der Waals surface area contributed by atoms with Crippen molar-refractivity contribution in [2.45, 2.75) is 51.5 Å². The highest BCUT2D eigenvalue weighted by molar-refractivity contribution is 6.99. The molecule has 0 fully saturated rings. The molecule has 2 rings (SSSR count). The molecule has 0 spiro atoms. The molecule has 0 bridgehead atoms. The van der Waals surface area contributed by atoms with Crippen molar-refractivity contribution in [1.29, 1.82) is 0 Å². The molecule has 0 atom stereocenters. The fraction of sp³-hybridized carbons (Fsp3) is 0.409. The van der Waals surface area contributed by atoms with E-state index in [-0.39, 0.29) is 10.9 Å². The first kappa shape index (κ1) is 22.7. The molecule has 1 amide bonds. The lowest BCUT2D eigenvalue weighted by atomic mass is 10.2. The van der Waals surface area contributed by atoms with E-state index in [2.05, 4.69) is 60.5 Å². The summed E-state index contributed by atoms with van der Waals surface area (Å²) in [6, 6.07) is 20.4. The van der Waals surface area contributed by atoms with Crippen LogP contribution >= 0.6 is 0 Å². The molecule has 0 saturated heterocycles. The maximum absolute atomic E-state index is 12.5. The third-order valence-electron chi connectivity index (χ3n) is 4.96. The number of hydrogen-bond donors (Lipinski definition) is 1. The van der Waals surface area contributed by atoms with E-state index in [4.69, 9.17) is 10.1 Å². The van der Waals surface area contributed by atoms with Crippen molar-refractivity contribution in [2.75, 3.05) is 6.54 Å². The van der Waals surface area contributed by atoms with Crippen molar-refractivity contribution in [3.05, 3.63) is 71.1 Å². The molecule has 0 unspecified atom stereocenters. The first-order valence-electron chi connectivity index (χ1n) is 10.0. The molecule has 0 saturated carbocycles. The summed E-state index contributed by atoms with van der Waals surface area (Å²) in [6.45, 7) is 6.97. The van der Waals surface area contributed by atoms with E-state index in [1.165, 1.54) is 0 Å². The van der Waals surface area contributed by atoms with Crippen LogP contribution in [0.15, 0.2) is 65.8 Å². The molecule has 1 N–H and O–H groups in total. The van der Waals surface area contributed by atoms with Gasteiger partial charge in [-0.15, -0.1) is 0 Å². The topological polar surface area (TPSA) is 87.1 Å². The number of hydrogen-bond acceptors (Lipinski definition) is 3. The maximum atomic E-state index is 12.5. The van der Waals surface area contributed by atoms with Gasteiger partial charge in [0.05, 0.1) is 0 Å². The second kappa shape index (κ2) is 10.8. The molecule has 6 nitrogen and oxygen atoms in total. The van der Waals surface area contributed by atoms with Crippen LogP contribution in [0.1, 0.15) is 46.5 Å². The van der Waals surface area contributed by atoms with Crippen molar-refractivity contribution >= 4 is 24.6 Å². The first-order valence-corrected chi connectivity index (χ1v) is 11.9. The lowest BCUT2D eigenvalue weighted by Crippen LogP contribution is -2.68. The van der Waals surface area contributed by atoms with Crippen LogP contribution in [-0.2, 0) is 9.32 Å². The third kappa shape index (κ3) is 5.94. The number of nitrogens with zero attached hydrogens (tertiary/aromatic N) is 3. The Hall–Kier alpha value is -2.60. The second-order valence-electron chi connectivity index (χ2n) is 8.06. The minimum Gasteiger partial charge on any atom is -0.308 e. The Bertz CT molecular complexity index is 776. The number of hydroxylamine groups is 1. The number of carbonyl (C=O) groups excluding carboxylic acids is 1. The molecule has 154 valence electrons. The summed E-state index contributed by atoms with van der Waals surface area (Å²) < 4.78 is 6.40. The van der Waals surface area contributed by atoms with Gasteiger partial charge in [-0.3, -0.25) is 4.79 Å². The predicted molar refractivity (Wildman–Crippen MR) is 119 cm³/mol. The van der Waals surface area contributed by atoms with E-state index in [0.29, 0.717) is 13.0 Å². The second-order valence-corrected chi connectivity index (χ2v) is 12.3. The Labute approximate surface area is 174 Å². The van der Waals surface area contributed by atoms with Crippen molar-refractivity contribution in [3.8, 4) is 0 Å². The van der Waals surface area contributed by atoms with Crippen LogP contribution < -0.4 is 15.9 Å². The average Bonchev–Trinajstić information content (AvgIpc) is 2.71. The molecule has 29 heavy (non-hydrogen) atoms. The van der Waals surface area contributed by atoms with E-state index in [0.717, 1.165) is 29.6 Å². The Morgan fingerprint density at radius 2 is 1.55 bits per heavy atom. The Morgan fingerprint density at radius 3 is 2.03 bits per heavy atom. The van der Waals surface area contributed by atoms with Crippen molar-refractivity contribution < 1.29 is 9.32 Å². The summed E-state index contributed by atoms with van der Waals surface area (Å²) in [4.78, 5) is 15.2. The minimum atomic E-state index is -2.76. The minimum absolute atomic E-state index is 0.123. The fourth-order valence-electron chi connectivity index (χ4n) is 3.52. The Kier molecular flexibility index (Phi) is 8.45. The van der Waals surface area contributed by atoms with Crippen LogP contribution in [0.4, 0.5) is 0 Å². The summed E-state index contributed by atoms with van der Waals surface area (Å²) in [5, 5.41) is 5.55. The summed E-state index contributed by atoms with van der Waals surface area (Å²) in [5.41, 5.74) is 11.1. The smallest absolute Gasteiger partial charge is 0.295 e. The van der Waals surface area contributed by atoms with E-state index >= 15 is 0 Å². The van der Waals surface area contributed by atoms with Gasteiger partial charge in [-0.25, -0.2) is 5.48 Å². The molecular weight excluding hydrogens is 380 g/mol. The molecule has 0 aliphatic heterocycles. The van der Waals surface area contributed by atoms with Gasteiger partial charge in [0.1, 0.15) is 0 Å². The number of carbonyl (C=O) groups is 1. The average molecular weight is 411 g/mol. The van der Waals surface area contributed by atoms with Crippen molar-refractivity contribution in [3.63, 3.8) is 0 Å². The summed E-state index contributed by atoms with van der Waals surface area (Å²) in [7, 11) is -2.76. The van der Waals surface area contributed by atoms with E-state index in [1.54, 1.807) is 0 Å². The molecule has 2 aromatic carbocycles. The fourth-order valence-corrected chi connectivity index (χ4v) is 7.72. The highest BCUT2D eigenvalue weighted by atomic mass is 28.4. The first-order chi connectivity index (χ1) is 13.9. The van der Waals surface area contributed by atoms with Crippen LogP contribution in [-0.4, -0.2) is 20.8 Å². The molecule has 0 aliphatic rings. The van der Waals surface area contributed by atoms with Crippen LogP contribution in [0.5, 0.6) is 0 Å². The van der Waals surface area contributed by atoms with Crippen LogP contribution in [0.2, 0.25) is 5.04 Å². The van der Waals surface area contributed by atoms with Gasteiger partial charge in [0.2, 0.25) is 5.91 Å². The third-order valence-corrected chi connectivity index (χ3v) is 9.77. The number of rotatable bonds is 10. The zero-order valence-corrected chi connectivity index (χ0v) is 18.5. The number of unbranched alkanes of at least 4 members (excludes halogenated alkanes) is 2. The molecule has 0 heterocycles. The quantitative estimate of drug-likeness (QED) is 0.156. The highest BCUT2D eigenvalue weighted by Crippen LogP contribution is 2.36. The van der Waals surface area contributed by atoms with Crippen LogP contribution in [0.25, 0.3) is 10.4 Å². The number of benzene rings is 2. The summed E-state index contributed by atoms with van der Waals surface area (Å²) in [6.07, 6.45) is 2.74. The summed E-state index contributed by atoms with van der Waals surface area (Å²) >= 11 is 0. The molecular formula is C22H30N4O2Si. The van der Waals surface area contributed by atoms with Gasteiger partial charge in [-0.05, 0) is 33.8 Å². The van der Waals surface area contributed by atoms with Crippen molar-refractivity contribution in [2.24, 2.45) is 5.11 Å². The SMILES string of the molecule is CC(C)(C)[Si](ONC(=O)CCCCCN=[N+]=[N-])(c1ccccc1)c1ccccc1. The lowest BCUT2D eigenvalue weighted by molar-refractivity contribution is -0.128. The molecule has 0 aliphatic carbocycles. The molecule has 2 aromatic rings. The van der Waals surface area contributed by atoms with E-state index in [1.807, 2.05) is 36.4 Å². The number of amides is 1. The van der Waals surface area contributed by atoms with Gasteiger partial charge in [-0.2, -0.15) is 0 Å². The van der Waals surface area contributed by atoms with E-state index < -0.39 is 8.32 Å². The summed E-state index contributed by atoms with van der Waals surface area (Å²) in [5.74, 6) is -0.123. The monoisotopic (exact) mass is 410 g/mol. The van der Waals surface area contributed by atoms with Crippen LogP contribution in [0, 0.1) is 0 Å². The van der Waals surface area contributed by atoms with Gasteiger partial charge in [0.15, 0.2) is 0 Å². The van der Waals surface area contributed by atoms with Gasteiger partial charge in [0.25, 0.3) is 8.32 Å². The predicted octanol–water partition coefficient (Wildman–Crippen LogP) is 4.46. The zero-order chi connectivity index (χ0) is 21.2. The highest BCUT2D eigenvalue weighted by Gasteiger charge is 2.51. The number of nitrogens with one attached hydrogen (secondary N) is 1. The lowest BCUT2D eigenvalue weighted by Gasteiger charge is -2.41. The molecule has 0 aromatic heterocycles. The van der Waals surface area contributed by atoms with Gasteiger partial charge in [0, 0.05) is 17.9 Å². The Morgan fingerprint density at radius 1 is 1.00 bits per heavy atom.